The summed E-state index contributed by atoms with van der Waals surface area (Å²) in [6, 6.07) is 2.98. The average molecular weight is 488 g/mol. The molecule has 1 aliphatic rings. The summed E-state index contributed by atoms with van der Waals surface area (Å²) >= 11 is 11.7. The van der Waals surface area contributed by atoms with Crippen LogP contribution in [0.1, 0.15) is 59.9 Å². The molecule has 0 spiro atoms. The molecule has 1 amide bonds. The summed E-state index contributed by atoms with van der Waals surface area (Å²) in [4.78, 5) is 11.7. The van der Waals surface area contributed by atoms with Gasteiger partial charge in [-0.1, -0.05) is 57.0 Å². The van der Waals surface area contributed by atoms with Gasteiger partial charge in [0.2, 0.25) is 5.91 Å². The molecule has 178 valence electrons. The smallest absolute Gasteiger partial charge is 0.400 e. The molecule has 0 radical (unpaired) electrons. The highest BCUT2D eigenvalue weighted by molar-refractivity contribution is 6.39. The van der Waals surface area contributed by atoms with Gasteiger partial charge in [0.25, 0.3) is 0 Å². The zero-order valence-electron chi connectivity index (χ0n) is 18.6. The molecule has 0 atom stereocenters. The lowest BCUT2D eigenvalue weighted by molar-refractivity contribution is -0.192. The Morgan fingerprint density at radius 3 is 1.87 bits per heavy atom. The molecule has 2 rings (SSSR count). The summed E-state index contributed by atoms with van der Waals surface area (Å²) in [6.07, 6.45) is -4.89. The molecule has 1 aromatic carbocycles. The largest absolute Gasteiger partial charge is 0.403 e. The Balaban J connectivity index is 0.000000679. The Bertz CT molecular complexity index is 775. The molecule has 0 aliphatic heterocycles. The molecular formula is C21H31Cl2F4N3O. The molecule has 1 aromatic rings. The fraction of sp³-hybridized carbons (Fsp3) is 0.571. The maximum absolute atomic E-state index is 12.7. The van der Waals surface area contributed by atoms with Crippen LogP contribution in [-0.4, -0.2) is 12.1 Å². The average Bonchev–Trinajstić information content (AvgIpc) is 3.39. The summed E-state index contributed by atoms with van der Waals surface area (Å²) < 4.78 is 49.8. The van der Waals surface area contributed by atoms with E-state index in [0.29, 0.717) is 11.0 Å². The van der Waals surface area contributed by atoms with E-state index in [2.05, 4.69) is 33.0 Å². The van der Waals surface area contributed by atoms with E-state index in [0.717, 1.165) is 0 Å². The van der Waals surface area contributed by atoms with Gasteiger partial charge in [0, 0.05) is 12.2 Å². The van der Waals surface area contributed by atoms with E-state index >= 15 is 0 Å². The molecule has 0 aromatic heterocycles. The number of alkyl halides is 3. The molecule has 5 N–H and O–H groups in total. The highest BCUT2D eigenvalue weighted by Gasteiger charge is 2.68. The van der Waals surface area contributed by atoms with E-state index in [1.165, 1.54) is 26.0 Å². The number of carbonyl (C=O) groups excluding carboxylic acids is 1. The van der Waals surface area contributed by atoms with Crippen LogP contribution in [0.4, 0.5) is 23.2 Å². The molecule has 0 unspecified atom stereocenters. The molecular weight excluding hydrogens is 457 g/mol. The second-order valence-corrected chi connectivity index (χ2v) is 9.70. The topological polar surface area (TPSA) is 81.1 Å². The number of benzene rings is 1. The minimum absolute atomic E-state index is 0.128. The van der Waals surface area contributed by atoms with Gasteiger partial charge in [-0.25, -0.2) is 4.39 Å². The van der Waals surface area contributed by atoms with Crippen LogP contribution < -0.4 is 16.8 Å². The number of nitrogen functional groups attached to an aromatic ring is 1. The fourth-order valence-corrected chi connectivity index (χ4v) is 2.30. The van der Waals surface area contributed by atoms with Gasteiger partial charge in [-0.3, -0.25) is 4.79 Å². The van der Waals surface area contributed by atoms with Crippen LogP contribution in [-0.2, 0) is 11.3 Å². The van der Waals surface area contributed by atoms with Crippen LogP contribution in [0.15, 0.2) is 23.7 Å². The van der Waals surface area contributed by atoms with E-state index in [-0.39, 0.29) is 46.6 Å². The predicted molar refractivity (Wildman–Crippen MR) is 119 cm³/mol. The lowest BCUT2D eigenvalue weighted by Crippen LogP contribution is -2.40. The lowest BCUT2D eigenvalue weighted by Gasteiger charge is -2.19. The molecule has 31 heavy (non-hydrogen) atoms. The summed E-state index contributed by atoms with van der Waals surface area (Å²) in [5.74, 6) is -1.33. The zero-order valence-corrected chi connectivity index (χ0v) is 20.1. The first kappa shape index (κ1) is 29.3. The molecule has 10 heteroatoms. The van der Waals surface area contributed by atoms with Crippen molar-refractivity contribution in [1.29, 1.82) is 0 Å². The molecule has 1 saturated carbocycles. The molecule has 1 aliphatic carbocycles. The summed E-state index contributed by atoms with van der Waals surface area (Å²) in [6.45, 7) is 11.5. The van der Waals surface area contributed by atoms with Crippen molar-refractivity contribution in [3.05, 3.63) is 39.3 Å². The van der Waals surface area contributed by atoms with Crippen LogP contribution in [0.3, 0.4) is 0 Å². The van der Waals surface area contributed by atoms with E-state index in [4.69, 9.17) is 34.7 Å². The van der Waals surface area contributed by atoms with Crippen LogP contribution in [0.25, 0.3) is 0 Å². The summed E-state index contributed by atoms with van der Waals surface area (Å²) in [5.41, 5.74) is 9.61. The van der Waals surface area contributed by atoms with E-state index < -0.39 is 17.5 Å². The maximum Gasteiger partial charge on any atom is 0.403 e. The summed E-state index contributed by atoms with van der Waals surface area (Å²) in [5, 5.41) is 2.64. The number of allylic oxidation sites excluding steroid dienone is 2. The lowest BCUT2D eigenvalue weighted by atomic mass is 10.0. The van der Waals surface area contributed by atoms with E-state index in [1.54, 1.807) is 0 Å². The second-order valence-electron chi connectivity index (χ2n) is 8.91. The monoisotopic (exact) mass is 487 g/mol. The number of rotatable bonds is 3. The Labute approximate surface area is 191 Å². The van der Waals surface area contributed by atoms with Crippen molar-refractivity contribution >= 4 is 34.8 Å². The van der Waals surface area contributed by atoms with Crippen molar-refractivity contribution in [1.82, 2.24) is 5.32 Å². The van der Waals surface area contributed by atoms with Crippen LogP contribution >= 0.6 is 23.2 Å². The van der Waals surface area contributed by atoms with Crippen molar-refractivity contribution in [2.24, 2.45) is 16.6 Å². The Morgan fingerprint density at radius 1 is 1.13 bits per heavy atom. The van der Waals surface area contributed by atoms with Gasteiger partial charge in [-0.05, 0) is 43.7 Å². The van der Waals surface area contributed by atoms with E-state index in [1.807, 2.05) is 0 Å². The van der Waals surface area contributed by atoms with Crippen LogP contribution in [0, 0.1) is 10.8 Å². The number of hydrogen-bond acceptors (Lipinski definition) is 3. The molecule has 4 nitrogen and oxygen atoms in total. The number of halogens is 6. The molecule has 0 heterocycles. The van der Waals surface area contributed by atoms with Gasteiger partial charge in [0.15, 0.2) is 0 Å². The first-order valence-electron chi connectivity index (χ1n) is 9.49. The van der Waals surface area contributed by atoms with Gasteiger partial charge < -0.3 is 16.8 Å². The molecule has 0 saturated heterocycles. The Hall–Kier alpha value is -1.67. The van der Waals surface area contributed by atoms with Gasteiger partial charge in [0.1, 0.15) is 11.2 Å². The standard InChI is InChI=1S/C12H11Cl2F3N2O.C5H12.C4H8FN/c13-7-2-1-6(8(14)9(7)18)5-19-10(20)11(3-4-11)12(15,16)17;1-5(2,3)4;1-3(5)4(2)6/h1-2H,3-5,18H2,(H,19,20);1-4H3;6H2,1-2H3/b;;4-3-. The van der Waals surface area contributed by atoms with Crippen LogP contribution in [0.5, 0.6) is 0 Å². The molecule has 1 fully saturated rings. The number of carbonyl (C=O) groups is 1. The first-order chi connectivity index (χ1) is 13.8. The SMILES string of the molecule is C/C(N)=C(\C)F.CC(C)(C)C.Nc1c(Cl)ccc(CNC(=O)C2(C(F)(F)F)CC2)c1Cl. The Kier molecular flexibility index (Phi) is 10.7. The van der Waals surface area contributed by atoms with Gasteiger partial charge >= 0.3 is 6.18 Å². The number of amides is 1. The van der Waals surface area contributed by atoms with Gasteiger partial charge in [-0.2, -0.15) is 13.2 Å². The quantitative estimate of drug-likeness (QED) is 0.325. The maximum atomic E-state index is 12.7. The second kappa shape index (κ2) is 11.3. The highest BCUT2D eigenvalue weighted by Crippen LogP contribution is 2.57. The summed E-state index contributed by atoms with van der Waals surface area (Å²) in [7, 11) is 0. The third-order valence-electron chi connectivity index (χ3n) is 3.92. The number of hydrogen-bond donors (Lipinski definition) is 3. The highest BCUT2D eigenvalue weighted by atomic mass is 35.5. The third-order valence-corrected chi connectivity index (χ3v) is 4.69. The minimum atomic E-state index is -4.53. The van der Waals surface area contributed by atoms with Crippen molar-refractivity contribution in [2.75, 3.05) is 5.73 Å². The van der Waals surface area contributed by atoms with Crippen molar-refractivity contribution in [2.45, 2.75) is 67.1 Å². The minimum Gasteiger partial charge on any atom is -0.400 e. The van der Waals surface area contributed by atoms with Gasteiger partial charge in [-0.15, -0.1) is 0 Å². The third kappa shape index (κ3) is 9.99. The normalized spacial score (nSPS) is 15.5. The van der Waals surface area contributed by atoms with E-state index in [9.17, 15) is 22.4 Å². The number of anilines is 1. The van der Waals surface area contributed by atoms with Crippen LogP contribution in [0.2, 0.25) is 10.0 Å². The zero-order chi connectivity index (χ0) is 24.8. The Morgan fingerprint density at radius 2 is 1.55 bits per heavy atom. The molecule has 0 bridgehead atoms. The fourth-order valence-electron chi connectivity index (χ4n) is 1.86. The van der Waals surface area contributed by atoms with Crippen molar-refractivity contribution < 1.29 is 22.4 Å². The number of nitrogens with one attached hydrogen (secondary N) is 1. The van der Waals surface area contributed by atoms with Crippen molar-refractivity contribution in [3.63, 3.8) is 0 Å². The van der Waals surface area contributed by atoms with Gasteiger partial charge in [0.05, 0.1) is 15.7 Å². The van der Waals surface area contributed by atoms with Crippen molar-refractivity contribution in [3.8, 4) is 0 Å². The first-order valence-corrected chi connectivity index (χ1v) is 10.2. The number of nitrogens with two attached hydrogens (primary N) is 2. The predicted octanol–water partition coefficient (Wildman–Crippen LogP) is 6.75.